The second-order valence-electron chi connectivity index (χ2n) is 7.63. The number of hydrogen-bond acceptors (Lipinski definition) is 4. The first kappa shape index (κ1) is 23.6. The van der Waals surface area contributed by atoms with Crippen LogP contribution in [0.15, 0.2) is 36.4 Å². The van der Waals surface area contributed by atoms with E-state index >= 15 is 0 Å². The number of nitrogens with zero attached hydrogens (tertiary/aromatic N) is 1. The molecule has 0 spiro atoms. The molecule has 5 nitrogen and oxygen atoms in total. The highest BCUT2D eigenvalue weighted by Gasteiger charge is 2.41. The third-order valence-electron chi connectivity index (χ3n) is 5.51. The molecule has 1 heterocycles. The SMILES string of the molecule is CS(=O)(=O)OCC[C@]1(c2ccc(F)c(F)c2)CCN(C(=O)Cc2c(F)cccc2Cl)C1. The van der Waals surface area contributed by atoms with Crippen LogP contribution < -0.4 is 0 Å². The Morgan fingerprint density at radius 3 is 2.55 bits per heavy atom. The van der Waals surface area contributed by atoms with Crippen molar-refractivity contribution in [1.29, 1.82) is 0 Å². The predicted octanol–water partition coefficient (Wildman–Crippen LogP) is 3.84. The Hall–Kier alpha value is -2.10. The van der Waals surface area contributed by atoms with Crippen LogP contribution in [0.4, 0.5) is 13.2 Å². The lowest BCUT2D eigenvalue weighted by Crippen LogP contribution is -2.36. The highest BCUT2D eigenvalue weighted by molar-refractivity contribution is 7.85. The molecule has 10 heteroatoms. The zero-order valence-corrected chi connectivity index (χ0v) is 18.3. The van der Waals surface area contributed by atoms with Gasteiger partial charge in [-0.15, -0.1) is 0 Å². The Balaban J connectivity index is 1.83. The van der Waals surface area contributed by atoms with Crippen LogP contribution in [0.5, 0.6) is 0 Å². The lowest BCUT2D eigenvalue weighted by atomic mass is 9.77. The van der Waals surface area contributed by atoms with Crippen molar-refractivity contribution in [3.63, 3.8) is 0 Å². The van der Waals surface area contributed by atoms with E-state index in [2.05, 4.69) is 0 Å². The van der Waals surface area contributed by atoms with Gasteiger partial charge in [-0.05, 0) is 42.7 Å². The van der Waals surface area contributed by atoms with Crippen LogP contribution in [0.2, 0.25) is 5.02 Å². The molecular formula is C21H21ClF3NO4S. The quantitative estimate of drug-likeness (QED) is 0.571. The van der Waals surface area contributed by atoms with E-state index in [1.165, 1.54) is 29.2 Å². The number of halogens is 4. The number of carbonyl (C=O) groups is 1. The van der Waals surface area contributed by atoms with E-state index in [4.69, 9.17) is 15.8 Å². The molecule has 2 aromatic rings. The Morgan fingerprint density at radius 2 is 1.90 bits per heavy atom. The number of benzene rings is 2. The van der Waals surface area contributed by atoms with Crippen LogP contribution in [0.1, 0.15) is 24.0 Å². The van der Waals surface area contributed by atoms with Crippen molar-refractivity contribution in [3.8, 4) is 0 Å². The highest BCUT2D eigenvalue weighted by atomic mass is 35.5. The van der Waals surface area contributed by atoms with Gasteiger partial charge < -0.3 is 4.90 Å². The van der Waals surface area contributed by atoms with Crippen LogP contribution in [0, 0.1) is 17.5 Å². The van der Waals surface area contributed by atoms with E-state index in [-0.39, 0.29) is 49.0 Å². The zero-order valence-electron chi connectivity index (χ0n) is 16.7. The van der Waals surface area contributed by atoms with Crippen LogP contribution >= 0.6 is 11.6 Å². The lowest BCUT2D eigenvalue weighted by Gasteiger charge is -2.30. The standard InChI is InChI=1S/C21H21ClF3NO4S/c1-31(28,29)30-10-8-21(14-5-6-18(24)19(25)11-14)7-9-26(13-21)20(27)12-15-16(22)3-2-4-17(15)23/h2-6,11H,7-10,12-13H2,1H3/t21-/m1/s1. The van der Waals surface area contributed by atoms with Gasteiger partial charge in [0.15, 0.2) is 11.6 Å². The Bertz CT molecular complexity index is 1080. The molecule has 0 radical (unpaired) electrons. The minimum Gasteiger partial charge on any atom is -0.341 e. The largest absolute Gasteiger partial charge is 0.341 e. The second kappa shape index (κ2) is 9.18. The fraction of sp³-hybridized carbons (Fsp3) is 0.381. The molecule has 0 bridgehead atoms. The summed E-state index contributed by atoms with van der Waals surface area (Å²) in [4.78, 5) is 14.3. The average molecular weight is 476 g/mol. The minimum absolute atomic E-state index is 0.0832. The second-order valence-corrected chi connectivity index (χ2v) is 9.68. The monoisotopic (exact) mass is 475 g/mol. The van der Waals surface area contributed by atoms with Crippen molar-refractivity contribution in [2.24, 2.45) is 0 Å². The third-order valence-corrected chi connectivity index (χ3v) is 6.46. The average Bonchev–Trinajstić information content (AvgIpc) is 3.11. The van der Waals surface area contributed by atoms with Gasteiger partial charge in [-0.3, -0.25) is 8.98 Å². The highest BCUT2D eigenvalue weighted by Crippen LogP contribution is 2.39. The predicted molar refractivity (Wildman–Crippen MR) is 110 cm³/mol. The summed E-state index contributed by atoms with van der Waals surface area (Å²) in [5, 5.41) is 0.140. The van der Waals surface area contributed by atoms with E-state index in [0.717, 1.165) is 18.4 Å². The first-order chi connectivity index (χ1) is 14.5. The van der Waals surface area contributed by atoms with Crippen molar-refractivity contribution >= 4 is 27.6 Å². The van der Waals surface area contributed by atoms with Gasteiger partial charge >= 0.3 is 0 Å². The molecule has 1 aliphatic rings. The molecule has 0 saturated carbocycles. The van der Waals surface area contributed by atoms with Gasteiger partial charge in [-0.2, -0.15) is 8.42 Å². The van der Waals surface area contributed by atoms with Crippen molar-refractivity contribution in [2.45, 2.75) is 24.7 Å². The summed E-state index contributed by atoms with van der Waals surface area (Å²) < 4.78 is 69.0. The maximum Gasteiger partial charge on any atom is 0.264 e. The Kier molecular flexibility index (Phi) is 6.98. The van der Waals surface area contributed by atoms with Gasteiger partial charge in [-0.25, -0.2) is 13.2 Å². The van der Waals surface area contributed by atoms with E-state index in [1.54, 1.807) is 0 Å². The molecule has 0 N–H and O–H groups in total. The van der Waals surface area contributed by atoms with E-state index in [1.807, 2.05) is 0 Å². The molecule has 0 unspecified atom stereocenters. The summed E-state index contributed by atoms with van der Waals surface area (Å²) in [6.07, 6.45) is 1.20. The minimum atomic E-state index is -3.69. The number of hydrogen-bond donors (Lipinski definition) is 0. The van der Waals surface area contributed by atoms with Gasteiger partial charge in [0.05, 0.1) is 19.3 Å². The molecule has 2 aromatic carbocycles. The third kappa shape index (κ3) is 5.58. The number of amides is 1. The lowest BCUT2D eigenvalue weighted by molar-refractivity contribution is -0.129. The van der Waals surface area contributed by atoms with Crippen molar-refractivity contribution in [3.05, 3.63) is 70.0 Å². The summed E-state index contributed by atoms with van der Waals surface area (Å²) in [5.41, 5.74) is -0.323. The first-order valence-corrected chi connectivity index (χ1v) is 11.7. The number of rotatable bonds is 7. The van der Waals surface area contributed by atoms with Gasteiger partial charge in [0.1, 0.15) is 5.82 Å². The molecule has 168 valence electrons. The molecule has 1 atom stereocenters. The summed E-state index contributed by atoms with van der Waals surface area (Å²) in [5.74, 6) is -3.01. The number of likely N-dealkylation sites (tertiary alicyclic amines) is 1. The Morgan fingerprint density at radius 1 is 1.16 bits per heavy atom. The molecule has 1 aliphatic heterocycles. The van der Waals surface area contributed by atoms with Crippen LogP contribution in [0.3, 0.4) is 0 Å². The van der Waals surface area contributed by atoms with Crippen LogP contribution in [-0.2, 0) is 30.9 Å². The first-order valence-electron chi connectivity index (χ1n) is 9.51. The fourth-order valence-corrected chi connectivity index (χ4v) is 4.46. The van der Waals surface area contributed by atoms with Crippen LogP contribution in [-0.4, -0.2) is 45.2 Å². The van der Waals surface area contributed by atoms with Crippen molar-refractivity contribution < 1.29 is 30.6 Å². The molecule has 1 fully saturated rings. The molecule has 0 aliphatic carbocycles. The van der Waals surface area contributed by atoms with E-state index < -0.39 is 33.0 Å². The molecule has 3 rings (SSSR count). The van der Waals surface area contributed by atoms with Gasteiger partial charge in [0.2, 0.25) is 5.91 Å². The molecule has 31 heavy (non-hydrogen) atoms. The summed E-state index contributed by atoms with van der Waals surface area (Å²) in [6.45, 7) is 0.220. The molecule has 0 aromatic heterocycles. The number of carbonyl (C=O) groups excluding carboxylic acids is 1. The summed E-state index contributed by atoms with van der Waals surface area (Å²) in [6, 6.07) is 7.61. The van der Waals surface area contributed by atoms with E-state index in [0.29, 0.717) is 12.0 Å². The maximum absolute atomic E-state index is 14.1. The summed E-state index contributed by atoms with van der Waals surface area (Å²) >= 11 is 6.01. The zero-order chi connectivity index (χ0) is 22.8. The maximum atomic E-state index is 14.1. The topological polar surface area (TPSA) is 63.7 Å². The smallest absolute Gasteiger partial charge is 0.264 e. The summed E-state index contributed by atoms with van der Waals surface area (Å²) in [7, 11) is -3.69. The van der Waals surface area contributed by atoms with Gasteiger partial charge in [-0.1, -0.05) is 23.7 Å². The van der Waals surface area contributed by atoms with Crippen LogP contribution in [0.25, 0.3) is 0 Å². The van der Waals surface area contributed by atoms with E-state index in [9.17, 15) is 26.4 Å². The van der Waals surface area contributed by atoms with Crippen molar-refractivity contribution in [2.75, 3.05) is 26.0 Å². The normalized spacial score (nSPS) is 19.1. The molecule has 1 saturated heterocycles. The van der Waals surface area contributed by atoms with Crippen molar-refractivity contribution in [1.82, 2.24) is 4.90 Å². The molecule has 1 amide bonds. The Labute approximate surface area is 183 Å². The van der Waals surface area contributed by atoms with Gasteiger partial charge in [0, 0.05) is 29.1 Å². The molecular weight excluding hydrogens is 455 g/mol. The van der Waals surface area contributed by atoms with Gasteiger partial charge in [0.25, 0.3) is 10.1 Å². The fourth-order valence-electron chi connectivity index (χ4n) is 3.85.